The van der Waals surface area contributed by atoms with Crippen molar-refractivity contribution in [3.63, 3.8) is 0 Å². The lowest BCUT2D eigenvalue weighted by atomic mass is 9.95. The van der Waals surface area contributed by atoms with Crippen LogP contribution in [-0.2, 0) is 4.79 Å². The van der Waals surface area contributed by atoms with Crippen LogP contribution in [0.25, 0.3) is 0 Å². The molecule has 0 spiro atoms. The third-order valence-electron chi connectivity index (χ3n) is 4.53. The number of pyridine rings is 1. The quantitative estimate of drug-likeness (QED) is 0.523. The van der Waals surface area contributed by atoms with E-state index in [1.165, 1.54) is 35.8 Å². The molecule has 29 heavy (non-hydrogen) atoms. The van der Waals surface area contributed by atoms with Crippen LogP contribution in [0.3, 0.4) is 0 Å². The fourth-order valence-corrected chi connectivity index (χ4v) is 4.14. The molecule has 0 radical (unpaired) electrons. The second-order valence-electron chi connectivity index (χ2n) is 7.37. The Kier molecular flexibility index (Phi) is 6.60. The average Bonchev–Trinajstić information content (AvgIpc) is 2.83. The van der Waals surface area contributed by atoms with Gasteiger partial charge in [0.15, 0.2) is 5.75 Å². The van der Waals surface area contributed by atoms with Gasteiger partial charge in [0.25, 0.3) is 0 Å². The molecule has 0 unspecified atom stereocenters. The van der Waals surface area contributed by atoms with Crippen molar-refractivity contribution in [1.82, 2.24) is 9.29 Å². The molecule has 1 aliphatic heterocycles. The van der Waals surface area contributed by atoms with Gasteiger partial charge in [-0.05, 0) is 57.3 Å². The first-order valence-corrected chi connectivity index (χ1v) is 11.1. The molecule has 1 aliphatic rings. The molecular formula is C20H24FN3O3S2. The van der Waals surface area contributed by atoms with Gasteiger partial charge in [-0.3, -0.25) is 4.79 Å². The van der Waals surface area contributed by atoms with Gasteiger partial charge in [0.2, 0.25) is 0 Å². The van der Waals surface area contributed by atoms with Crippen LogP contribution in [0.1, 0.15) is 13.8 Å². The molecule has 2 heterocycles. The lowest BCUT2D eigenvalue weighted by Gasteiger charge is -2.25. The summed E-state index contributed by atoms with van der Waals surface area (Å²) in [6.45, 7) is 4.70. The van der Waals surface area contributed by atoms with E-state index in [9.17, 15) is 14.3 Å². The summed E-state index contributed by atoms with van der Waals surface area (Å²) >= 11 is 2.97. The number of fused-ring (bicyclic) bond motifs is 1. The first-order chi connectivity index (χ1) is 13.7. The maximum absolute atomic E-state index is 13.8. The van der Waals surface area contributed by atoms with Gasteiger partial charge in [-0.25, -0.2) is 13.7 Å². The number of likely N-dealkylation sites (N-methyl/N-ethyl adjacent to an activating group) is 1. The van der Waals surface area contributed by atoms with E-state index in [4.69, 9.17) is 9.72 Å². The lowest BCUT2D eigenvalue weighted by molar-refractivity contribution is -0.148. The van der Waals surface area contributed by atoms with Crippen LogP contribution in [0.4, 0.5) is 15.9 Å². The van der Waals surface area contributed by atoms with Gasteiger partial charge in [0.1, 0.15) is 23.3 Å². The number of halogens is 1. The fraction of sp³-hybridized carbons (Fsp3) is 0.400. The smallest absolute Gasteiger partial charge is 0.312 e. The molecule has 1 aromatic heterocycles. The number of ether oxygens (including phenoxy) is 1. The molecule has 3 rings (SSSR count). The number of aromatic nitrogens is 1. The predicted octanol–water partition coefficient (Wildman–Crippen LogP) is 4.52. The number of hydrogen-bond acceptors (Lipinski definition) is 7. The van der Waals surface area contributed by atoms with Gasteiger partial charge in [-0.2, -0.15) is 0 Å². The molecule has 0 bridgehead atoms. The van der Waals surface area contributed by atoms with Gasteiger partial charge in [0.05, 0.1) is 10.3 Å². The number of carboxylic acids is 1. The van der Waals surface area contributed by atoms with Gasteiger partial charge >= 0.3 is 5.97 Å². The van der Waals surface area contributed by atoms with Crippen molar-refractivity contribution >= 4 is 41.2 Å². The minimum atomic E-state index is -1.01. The van der Waals surface area contributed by atoms with E-state index in [1.54, 1.807) is 19.9 Å². The maximum Gasteiger partial charge on any atom is 0.312 e. The first-order valence-electron chi connectivity index (χ1n) is 9.08. The van der Waals surface area contributed by atoms with Crippen LogP contribution in [0.5, 0.6) is 5.75 Å². The third kappa shape index (κ3) is 4.96. The highest BCUT2D eigenvalue weighted by molar-refractivity contribution is 7.98. The maximum atomic E-state index is 13.8. The minimum absolute atomic E-state index is 0.0322. The Morgan fingerprint density at radius 1 is 1.38 bits per heavy atom. The average molecular weight is 438 g/mol. The summed E-state index contributed by atoms with van der Waals surface area (Å²) < 4.78 is 21.8. The number of hydrogen-bond donors (Lipinski definition) is 1. The van der Waals surface area contributed by atoms with Crippen molar-refractivity contribution in [2.24, 2.45) is 5.41 Å². The zero-order valence-electron chi connectivity index (χ0n) is 16.8. The summed E-state index contributed by atoms with van der Waals surface area (Å²) in [5.41, 5.74) is -0.276. The minimum Gasteiger partial charge on any atom is -0.490 e. The van der Waals surface area contributed by atoms with E-state index in [2.05, 4.69) is 4.31 Å². The van der Waals surface area contributed by atoms with Crippen molar-refractivity contribution in [2.45, 2.75) is 23.8 Å². The van der Waals surface area contributed by atoms with Crippen LogP contribution in [0.15, 0.2) is 40.3 Å². The van der Waals surface area contributed by atoms with E-state index >= 15 is 0 Å². The molecule has 0 saturated carbocycles. The highest BCUT2D eigenvalue weighted by atomic mass is 32.2. The SMILES string of the molecule is CSc1nc2c(cc1OCC(C)(C)C(=O)O)SN(C)CCN2c1cccc(F)c1. The van der Waals surface area contributed by atoms with Gasteiger partial charge in [0, 0.05) is 24.8 Å². The number of rotatable bonds is 6. The molecule has 1 aromatic carbocycles. The van der Waals surface area contributed by atoms with Gasteiger partial charge in [-0.15, -0.1) is 11.8 Å². The van der Waals surface area contributed by atoms with Crippen molar-refractivity contribution in [1.29, 1.82) is 0 Å². The zero-order valence-corrected chi connectivity index (χ0v) is 18.4. The Morgan fingerprint density at radius 2 is 2.14 bits per heavy atom. The molecule has 9 heteroatoms. The summed E-state index contributed by atoms with van der Waals surface area (Å²) in [7, 11) is 1.99. The van der Waals surface area contributed by atoms with Crippen LogP contribution < -0.4 is 9.64 Å². The van der Waals surface area contributed by atoms with Crippen molar-refractivity contribution in [2.75, 3.05) is 37.9 Å². The van der Waals surface area contributed by atoms with Crippen LogP contribution >= 0.6 is 23.7 Å². The lowest BCUT2D eigenvalue weighted by Crippen LogP contribution is -2.30. The first kappa shape index (κ1) is 21.7. The monoisotopic (exact) mass is 437 g/mol. The van der Waals surface area contributed by atoms with Crippen molar-refractivity contribution < 1.29 is 19.0 Å². The number of anilines is 2. The number of carbonyl (C=O) groups is 1. The van der Waals surface area contributed by atoms with E-state index in [1.807, 2.05) is 30.3 Å². The Hall–Kier alpha value is -1.97. The highest BCUT2D eigenvalue weighted by Crippen LogP contribution is 2.42. The van der Waals surface area contributed by atoms with Crippen molar-refractivity contribution in [3.8, 4) is 5.75 Å². The topological polar surface area (TPSA) is 65.9 Å². The van der Waals surface area contributed by atoms with Gasteiger partial charge in [-0.1, -0.05) is 6.07 Å². The molecule has 2 aromatic rings. The van der Waals surface area contributed by atoms with Gasteiger partial charge < -0.3 is 14.7 Å². The normalized spacial score (nSPS) is 15.0. The molecule has 0 amide bonds. The third-order valence-corrected chi connectivity index (χ3v) is 6.20. The summed E-state index contributed by atoms with van der Waals surface area (Å²) in [5.74, 6) is 0.0688. The largest absolute Gasteiger partial charge is 0.490 e. The number of thioether (sulfide) groups is 1. The predicted molar refractivity (Wildman–Crippen MR) is 115 cm³/mol. The van der Waals surface area contributed by atoms with Crippen LogP contribution in [0, 0.1) is 11.2 Å². The number of nitrogens with zero attached hydrogens (tertiary/aromatic N) is 3. The standard InChI is InChI=1S/C20H24FN3O3S2/c1-20(2,19(25)26)12-27-15-11-16-17(22-18(15)28-4)24(9-8-23(3)29-16)14-7-5-6-13(21)10-14/h5-7,10-11H,8-9,12H2,1-4H3,(H,25,26). The van der Waals surface area contributed by atoms with E-state index < -0.39 is 11.4 Å². The number of aliphatic carboxylic acids is 1. The Morgan fingerprint density at radius 3 is 2.79 bits per heavy atom. The molecule has 1 N–H and O–H groups in total. The number of carboxylic acid groups (broad SMARTS) is 1. The highest BCUT2D eigenvalue weighted by Gasteiger charge is 2.30. The second-order valence-corrected chi connectivity index (χ2v) is 9.41. The van der Waals surface area contributed by atoms with Crippen LogP contribution in [0.2, 0.25) is 0 Å². The summed E-state index contributed by atoms with van der Waals surface area (Å²) in [6, 6.07) is 8.37. The van der Waals surface area contributed by atoms with E-state index in [-0.39, 0.29) is 12.4 Å². The number of benzene rings is 1. The molecule has 156 valence electrons. The molecule has 0 fully saturated rings. The van der Waals surface area contributed by atoms with Crippen LogP contribution in [-0.4, -0.2) is 53.4 Å². The van der Waals surface area contributed by atoms with E-state index in [0.717, 1.165) is 22.9 Å². The summed E-state index contributed by atoms with van der Waals surface area (Å²) in [6.07, 6.45) is 1.90. The Labute approximate surface area is 178 Å². The molecule has 6 nitrogen and oxygen atoms in total. The summed E-state index contributed by atoms with van der Waals surface area (Å²) in [4.78, 5) is 19.1. The fourth-order valence-electron chi connectivity index (χ4n) is 2.74. The molecule has 0 atom stereocenters. The molecule has 0 saturated heterocycles. The second kappa shape index (κ2) is 8.81. The van der Waals surface area contributed by atoms with E-state index in [0.29, 0.717) is 17.3 Å². The Balaban J connectivity index is 2.01. The Bertz CT molecular complexity index is 911. The molecule has 0 aliphatic carbocycles. The van der Waals surface area contributed by atoms with Crippen molar-refractivity contribution in [3.05, 3.63) is 36.1 Å². The molecular weight excluding hydrogens is 413 g/mol. The zero-order chi connectivity index (χ0) is 21.2. The summed E-state index contributed by atoms with van der Waals surface area (Å²) in [5, 5.41) is 10.0.